The van der Waals surface area contributed by atoms with E-state index in [4.69, 9.17) is 0 Å². The standard InChI is InChI=1S/C14H13F3N2O/c15-14(16,17)9-19(11-4-5-11)13(20)10-7-12-3-1-2-6-18(12)8-10/h1-3,6-8,11H,4-5,9H2. The van der Waals surface area contributed by atoms with Gasteiger partial charge in [0.1, 0.15) is 6.54 Å². The predicted molar refractivity (Wildman–Crippen MR) is 67.5 cm³/mol. The highest BCUT2D eigenvalue weighted by atomic mass is 19.4. The maximum atomic E-state index is 12.6. The van der Waals surface area contributed by atoms with Crippen molar-refractivity contribution in [3.63, 3.8) is 0 Å². The fraction of sp³-hybridized carbons (Fsp3) is 0.357. The first-order chi connectivity index (χ1) is 9.44. The largest absolute Gasteiger partial charge is 0.406 e. The zero-order valence-electron chi connectivity index (χ0n) is 10.6. The molecule has 1 aliphatic carbocycles. The van der Waals surface area contributed by atoms with Crippen molar-refractivity contribution in [1.29, 1.82) is 0 Å². The Balaban J connectivity index is 1.88. The van der Waals surface area contributed by atoms with Crippen molar-refractivity contribution >= 4 is 11.4 Å². The smallest absolute Gasteiger partial charge is 0.327 e. The SMILES string of the molecule is O=C(c1cc2ccccn2c1)N(CC(F)(F)F)C1CC1. The van der Waals surface area contributed by atoms with Gasteiger partial charge in [-0.05, 0) is 31.0 Å². The summed E-state index contributed by atoms with van der Waals surface area (Å²) in [7, 11) is 0. The topological polar surface area (TPSA) is 24.7 Å². The van der Waals surface area contributed by atoms with Gasteiger partial charge in [0.15, 0.2) is 0 Å². The molecule has 6 heteroatoms. The minimum atomic E-state index is -4.36. The van der Waals surface area contributed by atoms with Crippen molar-refractivity contribution in [3.05, 3.63) is 42.2 Å². The fourth-order valence-corrected chi connectivity index (χ4v) is 2.28. The van der Waals surface area contributed by atoms with Gasteiger partial charge in [-0.2, -0.15) is 13.2 Å². The van der Waals surface area contributed by atoms with Gasteiger partial charge in [0.05, 0.1) is 5.56 Å². The Morgan fingerprint density at radius 2 is 2.10 bits per heavy atom. The normalized spacial score (nSPS) is 15.6. The van der Waals surface area contributed by atoms with Crippen LogP contribution in [0.3, 0.4) is 0 Å². The van der Waals surface area contributed by atoms with Gasteiger partial charge in [-0.3, -0.25) is 4.79 Å². The molecule has 0 aliphatic heterocycles. The Morgan fingerprint density at radius 1 is 1.35 bits per heavy atom. The van der Waals surface area contributed by atoms with E-state index in [1.807, 2.05) is 12.1 Å². The molecule has 0 bridgehead atoms. The molecule has 0 radical (unpaired) electrons. The Hall–Kier alpha value is -1.98. The van der Waals surface area contributed by atoms with Crippen LogP contribution in [0.15, 0.2) is 36.7 Å². The fourth-order valence-electron chi connectivity index (χ4n) is 2.28. The van der Waals surface area contributed by atoms with Crippen LogP contribution in [0.5, 0.6) is 0 Å². The lowest BCUT2D eigenvalue weighted by Crippen LogP contribution is -2.40. The second-order valence-electron chi connectivity index (χ2n) is 5.04. The van der Waals surface area contributed by atoms with Crippen LogP contribution >= 0.6 is 0 Å². The number of aromatic nitrogens is 1. The molecular formula is C14H13F3N2O. The maximum absolute atomic E-state index is 12.6. The van der Waals surface area contributed by atoms with Crippen LogP contribution in [0.4, 0.5) is 13.2 Å². The van der Waals surface area contributed by atoms with E-state index in [1.54, 1.807) is 28.9 Å². The Bertz CT molecular complexity index is 610. The van der Waals surface area contributed by atoms with Gasteiger partial charge >= 0.3 is 6.18 Å². The van der Waals surface area contributed by atoms with Crippen LogP contribution < -0.4 is 0 Å². The number of carbonyl (C=O) groups is 1. The van der Waals surface area contributed by atoms with Crippen LogP contribution in [0.2, 0.25) is 0 Å². The summed E-state index contributed by atoms with van der Waals surface area (Å²) in [6, 6.07) is 6.77. The van der Waals surface area contributed by atoms with Gasteiger partial charge in [0.2, 0.25) is 0 Å². The van der Waals surface area contributed by atoms with Gasteiger partial charge in [-0.15, -0.1) is 0 Å². The third-order valence-electron chi connectivity index (χ3n) is 3.35. The summed E-state index contributed by atoms with van der Waals surface area (Å²) in [4.78, 5) is 13.2. The number of fused-ring (bicyclic) bond motifs is 1. The minimum Gasteiger partial charge on any atom is -0.327 e. The minimum absolute atomic E-state index is 0.271. The predicted octanol–water partition coefficient (Wildman–Crippen LogP) is 3.11. The molecule has 20 heavy (non-hydrogen) atoms. The first-order valence-electron chi connectivity index (χ1n) is 6.38. The van der Waals surface area contributed by atoms with Crippen LogP contribution in [0, 0.1) is 0 Å². The van der Waals surface area contributed by atoms with Gasteiger partial charge in [0.25, 0.3) is 5.91 Å². The molecule has 2 aromatic rings. The second kappa shape index (κ2) is 4.54. The molecule has 106 valence electrons. The summed E-state index contributed by atoms with van der Waals surface area (Å²) >= 11 is 0. The second-order valence-corrected chi connectivity index (χ2v) is 5.04. The van der Waals surface area contributed by atoms with Crippen molar-refractivity contribution in [3.8, 4) is 0 Å². The van der Waals surface area contributed by atoms with Crippen molar-refractivity contribution < 1.29 is 18.0 Å². The summed E-state index contributed by atoms with van der Waals surface area (Å²) in [6.45, 7) is -1.18. The number of pyridine rings is 1. The number of alkyl halides is 3. The van der Waals surface area contributed by atoms with E-state index in [0.717, 1.165) is 10.4 Å². The zero-order chi connectivity index (χ0) is 14.3. The molecule has 0 N–H and O–H groups in total. The van der Waals surface area contributed by atoms with Crippen molar-refractivity contribution in [1.82, 2.24) is 9.30 Å². The van der Waals surface area contributed by atoms with Crippen LogP contribution in [0.1, 0.15) is 23.2 Å². The highest BCUT2D eigenvalue weighted by Crippen LogP contribution is 2.31. The number of rotatable bonds is 3. The van der Waals surface area contributed by atoms with Crippen LogP contribution in [-0.4, -0.2) is 34.0 Å². The van der Waals surface area contributed by atoms with Gasteiger partial charge in [-0.25, -0.2) is 0 Å². The van der Waals surface area contributed by atoms with Crippen LogP contribution in [0.25, 0.3) is 5.52 Å². The summed E-state index contributed by atoms with van der Waals surface area (Å²) in [5.41, 5.74) is 1.09. The molecule has 1 saturated carbocycles. The molecule has 1 fully saturated rings. The summed E-state index contributed by atoms with van der Waals surface area (Å²) in [6.07, 6.45) is 0.266. The zero-order valence-corrected chi connectivity index (χ0v) is 10.6. The maximum Gasteiger partial charge on any atom is 0.406 e. The molecule has 0 atom stereocenters. The Morgan fingerprint density at radius 3 is 2.70 bits per heavy atom. The quantitative estimate of drug-likeness (QED) is 0.849. The van der Waals surface area contributed by atoms with E-state index < -0.39 is 18.6 Å². The average molecular weight is 282 g/mol. The van der Waals surface area contributed by atoms with Gasteiger partial charge < -0.3 is 9.30 Å². The average Bonchev–Trinajstić information content (AvgIpc) is 3.12. The van der Waals surface area contributed by atoms with E-state index >= 15 is 0 Å². The number of hydrogen-bond acceptors (Lipinski definition) is 1. The van der Waals surface area contributed by atoms with E-state index in [2.05, 4.69) is 0 Å². The molecule has 1 amide bonds. The molecular weight excluding hydrogens is 269 g/mol. The monoisotopic (exact) mass is 282 g/mol. The summed E-state index contributed by atoms with van der Waals surface area (Å²) in [5.74, 6) is -0.548. The van der Waals surface area contributed by atoms with E-state index in [9.17, 15) is 18.0 Å². The van der Waals surface area contributed by atoms with Gasteiger partial charge in [0, 0.05) is 24.0 Å². The van der Waals surface area contributed by atoms with Gasteiger partial charge in [-0.1, -0.05) is 6.07 Å². The summed E-state index contributed by atoms with van der Waals surface area (Å²) < 4.78 is 39.5. The molecule has 0 aromatic carbocycles. The lowest BCUT2D eigenvalue weighted by atomic mass is 10.2. The molecule has 2 aromatic heterocycles. The first-order valence-corrected chi connectivity index (χ1v) is 6.38. The lowest BCUT2D eigenvalue weighted by Gasteiger charge is -2.23. The number of hydrogen-bond donors (Lipinski definition) is 0. The first kappa shape index (κ1) is 13.0. The number of amides is 1. The Labute approximate surface area is 113 Å². The van der Waals surface area contributed by atoms with E-state index in [1.165, 1.54) is 0 Å². The third kappa shape index (κ3) is 2.64. The molecule has 1 aliphatic rings. The molecule has 0 saturated heterocycles. The molecule has 0 unspecified atom stereocenters. The third-order valence-corrected chi connectivity index (χ3v) is 3.35. The van der Waals surface area contributed by atoms with E-state index in [-0.39, 0.29) is 6.04 Å². The van der Waals surface area contributed by atoms with Crippen LogP contribution in [-0.2, 0) is 0 Å². The van der Waals surface area contributed by atoms with Crippen molar-refractivity contribution in [2.75, 3.05) is 6.54 Å². The molecule has 0 spiro atoms. The molecule has 3 rings (SSSR count). The number of carbonyl (C=O) groups excluding carboxylic acids is 1. The highest BCUT2D eigenvalue weighted by molar-refractivity contribution is 5.96. The van der Waals surface area contributed by atoms with Crippen molar-refractivity contribution in [2.24, 2.45) is 0 Å². The number of halogens is 3. The Kier molecular flexibility index (Phi) is 2.96. The molecule has 2 heterocycles. The lowest BCUT2D eigenvalue weighted by molar-refractivity contribution is -0.141. The van der Waals surface area contributed by atoms with Crippen molar-refractivity contribution in [2.45, 2.75) is 25.1 Å². The summed E-state index contributed by atoms with van der Waals surface area (Å²) in [5, 5.41) is 0. The molecule has 3 nitrogen and oxygen atoms in total. The van der Waals surface area contributed by atoms with E-state index in [0.29, 0.717) is 18.4 Å². The number of nitrogens with zero attached hydrogens (tertiary/aromatic N) is 2. The highest BCUT2D eigenvalue weighted by Gasteiger charge is 2.41.